The minimum atomic E-state index is -1.12. The van der Waals surface area contributed by atoms with Gasteiger partial charge in [0, 0.05) is 6.92 Å². The van der Waals surface area contributed by atoms with Crippen LogP contribution in [0.3, 0.4) is 0 Å². The topological polar surface area (TPSA) is 83.5 Å². The van der Waals surface area contributed by atoms with E-state index in [-0.39, 0.29) is 5.92 Å². The van der Waals surface area contributed by atoms with Crippen LogP contribution in [0, 0.1) is 5.92 Å². The predicted octanol–water partition coefficient (Wildman–Crippen LogP) is 0.191. The van der Waals surface area contributed by atoms with E-state index in [1.54, 1.807) is 6.92 Å². The third-order valence-corrected chi connectivity index (χ3v) is 2.09. The summed E-state index contributed by atoms with van der Waals surface area (Å²) in [6.07, 6.45) is 0.620. The van der Waals surface area contributed by atoms with Crippen LogP contribution in [-0.4, -0.2) is 28.8 Å². The van der Waals surface area contributed by atoms with Crippen molar-refractivity contribution < 1.29 is 19.5 Å². The molecule has 5 nitrogen and oxygen atoms in total. The zero-order valence-corrected chi connectivity index (χ0v) is 8.53. The average molecular weight is 201 g/mol. The molecule has 0 aromatic rings. The lowest BCUT2D eigenvalue weighted by Crippen LogP contribution is -2.47. The van der Waals surface area contributed by atoms with Crippen LogP contribution < -0.4 is 5.32 Å². The van der Waals surface area contributed by atoms with Crippen LogP contribution in [0.5, 0.6) is 0 Å². The molecule has 80 valence electrons. The Labute approximate surface area is 82.5 Å². The quantitative estimate of drug-likeness (QED) is 0.622. The first-order chi connectivity index (χ1) is 6.40. The molecule has 14 heavy (non-hydrogen) atoms. The summed E-state index contributed by atoms with van der Waals surface area (Å²) in [5.74, 6) is -2.85. The van der Waals surface area contributed by atoms with Gasteiger partial charge in [-0.3, -0.25) is 9.59 Å². The van der Waals surface area contributed by atoms with Crippen LogP contribution >= 0.6 is 0 Å². The lowest BCUT2D eigenvalue weighted by atomic mass is 9.99. The van der Waals surface area contributed by atoms with Gasteiger partial charge in [0.1, 0.15) is 6.04 Å². The molecule has 0 aliphatic carbocycles. The Hall–Kier alpha value is -1.39. The first kappa shape index (κ1) is 12.6. The van der Waals surface area contributed by atoms with Crippen molar-refractivity contribution in [2.75, 3.05) is 0 Å². The zero-order chi connectivity index (χ0) is 11.3. The number of nitrogens with one attached hydrogen (secondary N) is 1. The fraction of sp³-hybridized carbons (Fsp3) is 0.667. The number of carboxylic acid groups (broad SMARTS) is 1. The Balaban J connectivity index is 4.46. The van der Waals surface area contributed by atoms with E-state index in [4.69, 9.17) is 5.11 Å². The maximum atomic E-state index is 11.0. The van der Waals surface area contributed by atoms with E-state index in [2.05, 4.69) is 5.32 Å². The SMILES string of the molecule is CC[C@H](C)[C@H](NC(=O)C(C)=O)C(=O)O. The molecule has 0 heterocycles. The molecule has 0 radical (unpaired) electrons. The molecule has 0 aromatic heterocycles. The smallest absolute Gasteiger partial charge is 0.326 e. The molecule has 1 amide bonds. The number of carbonyl (C=O) groups excluding carboxylic acids is 2. The number of amides is 1. The summed E-state index contributed by atoms with van der Waals surface area (Å²) >= 11 is 0. The van der Waals surface area contributed by atoms with Crippen molar-refractivity contribution in [3.05, 3.63) is 0 Å². The molecule has 5 heteroatoms. The number of ketones is 1. The second-order valence-electron chi connectivity index (χ2n) is 3.23. The lowest BCUT2D eigenvalue weighted by Gasteiger charge is -2.19. The number of carboxylic acids is 1. The van der Waals surface area contributed by atoms with E-state index in [1.165, 1.54) is 0 Å². The molecular formula is C9H15NO4. The molecule has 2 N–H and O–H groups in total. The van der Waals surface area contributed by atoms with Gasteiger partial charge in [0.25, 0.3) is 5.91 Å². The summed E-state index contributed by atoms with van der Waals surface area (Å²) < 4.78 is 0. The third-order valence-electron chi connectivity index (χ3n) is 2.09. The fourth-order valence-electron chi connectivity index (χ4n) is 0.926. The third kappa shape index (κ3) is 3.55. The van der Waals surface area contributed by atoms with Gasteiger partial charge in [-0.15, -0.1) is 0 Å². The van der Waals surface area contributed by atoms with Gasteiger partial charge < -0.3 is 10.4 Å². The van der Waals surface area contributed by atoms with Gasteiger partial charge in [0.05, 0.1) is 0 Å². The first-order valence-corrected chi connectivity index (χ1v) is 4.44. The van der Waals surface area contributed by atoms with Gasteiger partial charge in [0.15, 0.2) is 0 Å². The molecule has 0 unspecified atom stereocenters. The molecule has 0 aromatic carbocycles. The van der Waals surface area contributed by atoms with Crippen molar-refractivity contribution in [3.63, 3.8) is 0 Å². The summed E-state index contributed by atoms with van der Waals surface area (Å²) in [6.45, 7) is 4.63. The van der Waals surface area contributed by atoms with Crippen LogP contribution in [0.2, 0.25) is 0 Å². The molecular weight excluding hydrogens is 186 g/mol. The van der Waals surface area contributed by atoms with Crippen LogP contribution in [-0.2, 0) is 14.4 Å². The van der Waals surface area contributed by atoms with Gasteiger partial charge >= 0.3 is 5.97 Å². The van der Waals surface area contributed by atoms with Gasteiger partial charge in [-0.05, 0) is 5.92 Å². The molecule has 0 aliphatic heterocycles. The molecule has 0 spiro atoms. The number of hydrogen-bond donors (Lipinski definition) is 2. The largest absolute Gasteiger partial charge is 0.480 e. The van der Waals surface area contributed by atoms with E-state index in [0.717, 1.165) is 6.92 Å². The molecule has 0 aliphatic rings. The number of aliphatic carboxylic acids is 1. The minimum absolute atomic E-state index is 0.198. The van der Waals surface area contributed by atoms with E-state index >= 15 is 0 Å². The van der Waals surface area contributed by atoms with Gasteiger partial charge in [-0.1, -0.05) is 20.3 Å². The second kappa shape index (κ2) is 5.36. The van der Waals surface area contributed by atoms with E-state index in [1.807, 2.05) is 6.92 Å². The monoisotopic (exact) mass is 201 g/mol. The van der Waals surface area contributed by atoms with E-state index in [0.29, 0.717) is 6.42 Å². The van der Waals surface area contributed by atoms with Crippen LogP contribution in [0.4, 0.5) is 0 Å². The number of hydrogen-bond acceptors (Lipinski definition) is 3. The summed E-state index contributed by atoms with van der Waals surface area (Å²) in [4.78, 5) is 32.3. The average Bonchev–Trinajstić information content (AvgIpc) is 2.11. The second-order valence-corrected chi connectivity index (χ2v) is 3.23. The highest BCUT2D eigenvalue weighted by molar-refractivity contribution is 6.35. The molecule has 0 bridgehead atoms. The minimum Gasteiger partial charge on any atom is -0.480 e. The van der Waals surface area contributed by atoms with Crippen molar-refractivity contribution in [3.8, 4) is 0 Å². The highest BCUT2D eigenvalue weighted by Crippen LogP contribution is 2.07. The summed E-state index contributed by atoms with van der Waals surface area (Å²) in [6, 6.07) is -0.989. The lowest BCUT2D eigenvalue weighted by molar-refractivity contribution is -0.145. The van der Waals surface area contributed by atoms with E-state index < -0.39 is 23.7 Å². The maximum absolute atomic E-state index is 11.0. The Morgan fingerprint density at radius 3 is 2.14 bits per heavy atom. The summed E-state index contributed by atoms with van der Waals surface area (Å²) in [5.41, 5.74) is 0. The van der Waals surface area contributed by atoms with Crippen LogP contribution in [0.15, 0.2) is 0 Å². The standard InChI is InChI=1S/C9H15NO4/c1-4-5(2)7(9(13)14)10-8(12)6(3)11/h5,7H,4H2,1-3H3,(H,10,12)(H,13,14)/t5-,7-/m0/s1. The van der Waals surface area contributed by atoms with Gasteiger partial charge in [0.2, 0.25) is 5.78 Å². The van der Waals surface area contributed by atoms with Crippen molar-refractivity contribution in [1.82, 2.24) is 5.32 Å². The fourth-order valence-corrected chi connectivity index (χ4v) is 0.926. The Morgan fingerprint density at radius 2 is 1.86 bits per heavy atom. The van der Waals surface area contributed by atoms with Crippen LogP contribution in [0.25, 0.3) is 0 Å². The van der Waals surface area contributed by atoms with Gasteiger partial charge in [-0.25, -0.2) is 4.79 Å². The number of rotatable bonds is 5. The highest BCUT2D eigenvalue weighted by Gasteiger charge is 2.26. The number of carbonyl (C=O) groups is 3. The number of Topliss-reactive ketones (excluding diaryl/α,β-unsaturated/α-hetero) is 1. The van der Waals surface area contributed by atoms with Crippen molar-refractivity contribution in [2.24, 2.45) is 5.92 Å². The summed E-state index contributed by atoms with van der Waals surface area (Å²) in [7, 11) is 0. The predicted molar refractivity (Wildman–Crippen MR) is 49.7 cm³/mol. The molecule has 0 fully saturated rings. The molecule has 0 rings (SSSR count). The Morgan fingerprint density at radius 1 is 1.36 bits per heavy atom. The summed E-state index contributed by atoms with van der Waals surface area (Å²) in [5, 5.41) is 11.0. The molecule has 0 saturated heterocycles. The molecule has 2 atom stereocenters. The first-order valence-electron chi connectivity index (χ1n) is 4.44. The molecule has 0 saturated carbocycles. The maximum Gasteiger partial charge on any atom is 0.326 e. The van der Waals surface area contributed by atoms with Gasteiger partial charge in [-0.2, -0.15) is 0 Å². The zero-order valence-electron chi connectivity index (χ0n) is 8.53. The van der Waals surface area contributed by atoms with Crippen LogP contribution in [0.1, 0.15) is 27.2 Å². The highest BCUT2D eigenvalue weighted by atomic mass is 16.4. The Kier molecular flexibility index (Phi) is 4.83. The van der Waals surface area contributed by atoms with Crippen molar-refractivity contribution >= 4 is 17.7 Å². The van der Waals surface area contributed by atoms with Crippen molar-refractivity contribution in [2.45, 2.75) is 33.2 Å². The Bertz CT molecular complexity index is 249. The van der Waals surface area contributed by atoms with E-state index in [9.17, 15) is 14.4 Å². The van der Waals surface area contributed by atoms with Crippen molar-refractivity contribution in [1.29, 1.82) is 0 Å². The normalized spacial score (nSPS) is 14.2.